The fraction of sp³-hybridized carbons (Fsp3) is 0.333. The van der Waals surface area contributed by atoms with E-state index < -0.39 is 22.5 Å². The first-order valence-corrected chi connectivity index (χ1v) is 15.4. The summed E-state index contributed by atoms with van der Waals surface area (Å²) in [5.74, 6) is -1.71. The lowest BCUT2D eigenvalue weighted by atomic mass is 9.68. The Morgan fingerprint density at radius 2 is 1.51 bits per heavy atom. The van der Waals surface area contributed by atoms with Gasteiger partial charge in [0.15, 0.2) is 0 Å². The zero-order chi connectivity index (χ0) is 32.0. The van der Waals surface area contributed by atoms with E-state index in [1.807, 2.05) is 26.0 Å². The van der Waals surface area contributed by atoms with Crippen LogP contribution in [0.5, 0.6) is 0 Å². The second kappa shape index (κ2) is 13.9. The maximum absolute atomic E-state index is 13.4. The van der Waals surface area contributed by atoms with Gasteiger partial charge in [0, 0.05) is 29.3 Å². The molecular weight excluding hydrogens is 568 g/mol. The van der Waals surface area contributed by atoms with Crippen molar-refractivity contribution < 1.29 is 19.2 Å². The summed E-state index contributed by atoms with van der Waals surface area (Å²) in [6.45, 7) is 6.80. The molecule has 0 spiro atoms. The lowest BCUT2D eigenvalue weighted by Crippen LogP contribution is -2.44. The highest BCUT2D eigenvalue weighted by molar-refractivity contribution is 6.04. The molecule has 2 N–H and O–H groups in total. The third-order valence-corrected chi connectivity index (χ3v) is 8.90. The number of hydrogen-bond donors (Lipinski definition) is 2. The summed E-state index contributed by atoms with van der Waals surface area (Å²) < 4.78 is 4.86. The van der Waals surface area contributed by atoms with Crippen LogP contribution in [0, 0.1) is 10.1 Å². The molecule has 45 heavy (non-hydrogen) atoms. The van der Waals surface area contributed by atoms with Gasteiger partial charge in [-0.2, -0.15) is 0 Å². The highest BCUT2D eigenvalue weighted by Crippen LogP contribution is 2.41. The molecule has 2 aliphatic heterocycles. The number of nitrogens with one attached hydrogen (secondary N) is 2. The Balaban J connectivity index is 1.26. The summed E-state index contributed by atoms with van der Waals surface area (Å²) in [7, 11) is 1.17. The molecule has 0 saturated carbocycles. The molecule has 5 rings (SSSR count). The summed E-state index contributed by atoms with van der Waals surface area (Å²) in [6.07, 6.45) is 6.55. The van der Waals surface area contributed by atoms with E-state index in [2.05, 4.69) is 76.2 Å². The summed E-state index contributed by atoms with van der Waals surface area (Å²) >= 11 is 0. The molecule has 1 saturated heterocycles. The monoisotopic (exact) mass is 608 g/mol. The van der Waals surface area contributed by atoms with Crippen molar-refractivity contribution >= 4 is 17.6 Å². The number of piperidine rings is 1. The van der Waals surface area contributed by atoms with Crippen LogP contribution in [0.2, 0.25) is 0 Å². The van der Waals surface area contributed by atoms with Crippen LogP contribution >= 0.6 is 0 Å². The molecule has 0 aliphatic carbocycles. The number of esters is 1. The van der Waals surface area contributed by atoms with E-state index in [0.717, 1.165) is 43.9 Å². The quantitative estimate of drug-likeness (QED) is 0.124. The Morgan fingerprint density at radius 3 is 2.04 bits per heavy atom. The van der Waals surface area contributed by atoms with Gasteiger partial charge in [0.2, 0.25) is 0 Å². The van der Waals surface area contributed by atoms with Crippen LogP contribution in [0.15, 0.2) is 96.3 Å². The van der Waals surface area contributed by atoms with E-state index in [1.54, 1.807) is 0 Å². The predicted molar refractivity (Wildman–Crippen MR) is 174 cm³/mol. The number of hydrogen-bond acceptors (Lipinski definition) is 7. The van der Waals surface area contributed by atoms with Gasteiger partial charge in [0.25, 0.3) is 11.6 Å². The lowest BCUT2D eigenvalue weighted by molar-refractivity contribution is -0.385. The number of nitro groups is 1. The molecule has 3 aromatic carbocycles. The van der Waals surface area contributed by atoms with Gasteiger partial charge in [-0.1, -0.05) is 72.8 Å². The van der Waals surface area contributed by atoms with Crippen molar-refractivity contribution in [1.29, 1.82) is 0 Å². The zero-order valence-electron chi connectivity index (χ0n) is 26.0. The van der Waals surface area contributed by atoms with E-state index >= 15 is 0 Å². The normalized spacial score (nSPS) is 16.6. The molecule has 0 atom stereocenters. The molecule has 9 heteroatoms. The van der Waals surface area contributed by atoms with Gasteiger partial charge in [-0.3, -0.25) is 14.9 Å². The molecule has 234 valence electrons. The first-order valence-electron chi connectivity index (χ1n) is 15.4. The Morgan fingerprint density at radius 1 is 0.956 bits per heavy atom. The highest BCUT2D eigenvalue weighted by Gasteiger charge is 2.37. The maximum Gasteiger partial charge on any atom is 0.344 e. The van der Waals surface area contributed by atoms with E-state index in [1.165, 1.54) is 30.4 Å². The van der Waals surface area contributed by atoms with Gasteiger partial charge in [-0.05, 0) is 81.6 Å². The van der Waals surface area contributed by atoms with Gasteiger partial charge < -0.3 is 20.3 Å². The van der Waals surface area contributed by atoms with Gasteiger partial charge in [0.05, 0.1) is 12.0 Å². The largest absolute Gasteiger partial charge is 0.465 e. The molecule has 0 aromatic heterocycles. The number of nitro benzene ring substituents is 1. The number of allylic oxidation sites excluding steroid dienone is 4. The van der Waals surface area contributed by atoms with Crippen LogP contribution in [0.3, 0.4) is 0 Å². The van der Waals surface area contributed by atoms with Crippen LogP contribution in [-0.2, 0) is 10.2 Å². The summed E-state index contributed by atoms with van der Waals surface area (Å²) in [5, 5.41) is 18.2. The van der Waals surface area contributed by atoms with Gasteiger partial charge >= 0.3 is 5.97 Å². The molecule has 3 aromatic rings. The van der Waals surface area contributed by atoms with Gasteiger partial charge in [-0.25, -0.2) is 4.79 Å². The molecule has 1 amide bonds. The molecule has 0 radical (unpaired) electrons. The standard InChI is InChI=1S/C36H40N4O5/c1-25-21-27(22-26(2)38-25)28-23-31(33(40(43)44)32(24-28)35(42)45-3)34(41)37-17-10-18-39-19-15-36(16-20-39,29-11-6-4-7-12-29)30-13-8-5-9-14-30/h4-9,11-14,21-24,27,38H,10,15-20H2,1-3H3,(H,37,41). The van der Waals surface area contributed by atoms with Crippen molar-refractivity contribution in [3.05, 3.63) is 134 Å². The molecule has 2 heterocycles. The minimum absolute atomic E-state index is 0.0373. The molecule has 0 bridgehead atoms. The molecule has 1 fully saturated rings. The van der Waals surface area contributed by atoms with Crippen LogP contribution in [0.25, 0.3) is 0 Å². The summed E-state index contributed by atoms with van der Waals surface area (Å²) in [4.78, 5) is 39.9. The van der Waals surface area contributed by atoms with Crippen LogP contribution in [0.1, 0.15) is 76.4 Å². The molecule has 0 unspecified atom stereocenters. The fourth-order valence-corrected chi connectivity index (χ4v) is 6.67. The van der Waals surface area contributed by atoms with Crippen molar-refractivity contribution in [1.82, 2.24) is 15.5 Å². The highest BCUT2D eigenvalue weighted by atomic mass is 16.6. The van der Waals surface area contributed by atoms with Crippen molar-refractivity contribution in [3.63, 3.8) is 0 Å². The summed E-state index contributed by atoms with van der Waals surface area (Å²) in [6, 6.07) is 24.4. The minimum atomic E-state index is -0.861. The SMILES string of the molecule is COC(=O)c1cc(C2C=C(C)NC(C)=C2)cc(C(=O)NCCCN2CCC(c3ccccc3)(c3ccccc3)CC2)c1[N+](=O)[O-]. The number of methoxy groups -OCH3 is 1. The first kappa shape index (κ1) is 31.7. The number of ether oxygens (including phenoxy) is 1. The smallest absolute Gasteiger partial charge is 0.344 e. The Hall–Kier alpha value is -4.76. The maximum atomic E-state index is 13.4. The average Bonchev–Trinajstić information content (AvgIpc) is 3.06. The number of rotatable bonds is 10. The first-order chi connectivity index (χ1) is 21.7. The van der Waals surface area contributed by atoms with E-state index in [-0.39, 0.29) is 22.5 Å². The second-order valence-electron chi connectivity index (χ2n) is 11.8. The van der Waals surface area contributed by atoms with Crippen LogP contribution in [-0.4, -0.2) is 55.0 Å². The van der Waals surface area contributed by atoms with E-state index in [9.17, 15) is 19.7 Å². The topological polar surface area (TPSA) is 114 Å². The molecule has 2 aliphatic rings. The average molecular weight is 609 g/mol. The van der Waals surface area contributed by atoms with E-state index in [4.69, 9.17) is 4.74 Å². The molecular formula is C36H40N4O5. The Bertz CT molecular complexity index is 1550. The number of likely N-dealkylation sites (tertiary alicyclic amines) is 1. The van der Waals surface area contributed by atoms with Crippen LogP contribution < -0.4 is 10.6 Å². The lowest BCUT2D eigenvalue weighted by Gasteiger charge is -2.43. The molecule has 9 nitrogen and oxygen atoms in total. The van der Waals surface area contributed by atoms with Crippen molar-refractivity contribution in [2.45, 2.75) is 44.4 Å². The fourth-order valence-electron chi connectivity index (χ4n) is 6.67. The van der Waals surface area contributed by atoms with E-state index in [0.29, 0.717) is 18.5 Å². The van der Waals surface area contributed by atoms with Gasteiger partial charge in [0.1, 0.15) is 11.1 Å². The number of dihydropyridines is 1. The number of nitrogens with zero attached hydrogens (tertiary/aromatic N) is 2. The predicted octanol–water partition coefficient (Wildman–Crippen LogP) is 6.08. The van der Waals surface area contributed by atoms with Crippen LogP contribution in [0.4, 0.5) is 5.69 Å². The Kier molecular flexibility index (Phi) is 9.78. The number of amides is 1. The van der Waals surface area contributed by atoms with Crippen molar-refractivity contribution in [2.75, 3.05) is 33.3 Å². The van der Waals surface area contributed by atoms with Gasteiger partial charge in [-0.15, -0.1) is 0 Å². The Labute approximate surface area is 264 Å². The third kappa shape index (κ3) is 6.99. The number of carbonyl (C=O) groups excluding carboxylic acids is 2. The third-order valence-electron chi connectivity index (χ3n) is 8.90. The zero-order valence-corrected chi connectivity index (χ0v) is 26.0. The van der Waals surface area contributed by atoms with Crippen molar-refractivity contribution in [2.24, 2.45) is 0 Å². The van der Waals surface area contributed by atoms with Crippen molar-refractivity contribution in [3.8, 4) is 0 Å². The minimum Gasteiger partial charge on any atom is -0.465 e. The second-order valence-corrected chi connectivity index (χ2v) is 11.8. The number of benzene rings is 3. The number of carbonyl (C=O) groups is 2. The summed E-state index contributed by atoms with van der Waals surface area (Å²) in [5.41, 5.74) is 4.10.